The van der Waals surface area contributed by atoms with Crippen molar-refractivity contribution in [3.8, 4) is 0 Å². The summed E-state index contributed by atoms with van der Waals surface area (Å²) in [5.74, 6) is -2.15. The summed E-state index contributed by atoms with van der Waals surface area (Å²) >= 11 is 5.78. The SMILES string of the molecule is OC(c1ccccc1)c1c(Cl)ccc(F)c1F. The van der Waals surface area contributed by atoms with E-state index in [1.165, 1.54) is 6.07 Å². The van der Waals surface area contributed by atoms with Crippen LogP contribution in [0.4, 0.5) is 8.78 Å². The zero-order valence-corrected chi connectivity index (χ0v) is 9.46. The van der Waals surface area contributed by atoms with Gasteiger partial charge in [-0.2, -0.15) is 0 Å². The molecule has 0 heterocycles. The van der Waals surface area contributed by atoms with Crippen LogP contribution in [0.15, 0.2) is 42.5 Å². The smallest absolute Gasteiger partial charge is 0.166 e. The Kier molecular flexibility index (Phi) is 3.41. The summed E-state index contributed by atoms with van der Waals surface area (Å²) in [6, 6.07) is 10.5. The monoisotopic (exact) mass is 254 g/mol. The van der Waals surface area contributed by atoms with Gasteiger partial charge >= 0.3 is 0 Å². The van der Waals surface area contributed by atoms with Gasteiger partial charge in [0.25, 0.3) is 0 Å². The van der Waals surface area contributed by atoms with Crippen LogP contribution in [0.3, 0.4) is 0 Å². The Balaban J connectivity index is 2.51. The molecule has 2 aromatic rings. The van der Waals surface area contributed by atoms with Crippen LogP contribution in [0.1, 0.15) is 17.2 Å². The highest BCUT2D eigenvalue weighted by Crippen LogP contribution is 2.31. The lowest BCUT2D eigenvalue weighted by atomic mass is 10.0. The predicted molar refractivity (Wildman–Crippen MR) is 61.9 cm³/mol. The molecule has 17 heavy (non-hydrogen) atoms. The summed E-state index contributed by atoms with van der Waals surface area (Å²) in [6.07, 6.45) is -1.28. The molecule has 0 aliphatic heterocycles. The highest BCUT2D eigenvalue weighted by atomic mass is 35.5. The van der Waals surface area contributed by atoms with Gasteiger partial charge in [0.2, 0.25) is 0 Å². The van der Waals surface area contributed by atoms with Crippen LogP contribution in [0.2, 0.25) is 5.02 Å². The lowest BCUT2D eigenvalue weighted by Crippen LogP contribution is -2.05. The van der Waals surface area contributed by atoms with Crippen molar-refractivity contribution in [2.45, 2.75) is 6.10 Å². The van der Waals surface area contributed by atoms with Crippen molar-refractivity contribution in [1.29, 1.82) is 0 Å². The second kappa shape index (κ2) is 4.82. The van der Waals surface area contributed by atoms with E-state index in [0.717, 1.165) is 6.07 Å². The Morgan fingerprint density at radius 1 is 1.00 bits per heavy atom. The molecule has 0 fully saturated rings. The van der Waals surface area contributed by atoms with E-state index in [9.17, 15) is 13.9 Å². The molecule has 0 saturated carbocycles. The summed E-state index contributed by atoms with van der Waals surface area (Å²) in [7, 11) is 0. The Bertz CT molecular complexity index is 528. The van der Waals surface area contributed by atoms with Crippen LogP contribution in [0, 0.1) is 11.6 Å². The topological polar surface area (TPSA) is 20.2 Å². The molecule has 2 aromatic carbocycles. The van der Waals surface area contributed by atoms with Gasteiger partial charge in [-0.1, -0.05) is 41.9 Å². The van der Waals surface area contributed by atoms with Crippen LogP contribution in [-0.4, -0.2) is 5.11 Å². The van der Waals surface area contributed by atoms with Crippen molar-refractivity contribution in [2.75, 3.05) is 0 Å². The fraction of sp³-hybridized carbons (Fsp3) is 0.0769. The average Bonchev–Trinajstić information content (AvgIpc) is 2.35. The molecule has 4 heteroatoms. The summed E-state index contributed by atoms with van der Waals surface area (Å²) in [5, 5.41) is 9.99. The summed E-state index contributed by atoms with van der Waals surface area (Å²) in [4.78, 5) is 0. The van der Waals surface area contributed by atoms with Crippen molar-refractivity contribution in [1.82, 2.24) is 0 Å². The number of aliphatic hydroxyl groups is 1. The maximum absolute atomic E-state index is 13.6. The Morgan fingerprint density at radius 3 is 2.29 bits per heavy atom. The second-order valence-electron chi connectivity index (χ2n) is 3.57. The van der Waals surface area contributed by atoms with Crippen molar-refractivity contribution in [2.24, 2.45) is 0 Å². The van der Waals surface area contributed by atoms with Crippen LogP contribution >= 0.6 is 11.6 Å². The molecule has 0 aliphatic carbocycles. The van der Waals surface area contributed by atoms with E-state index in [4.69, 9.17) is 11.6 Å². The Hall–Kier alpha value is -1.45. The first-order valence-electron chi connectivity index (χ1n) is 4.97. The Morgan fingerprint density at radius 2 is 1.65 bits per heavy atom. The van der Waals surface area contributed by atoms with E-state index < -0.39 is 17.7 Å². The van der Waals surface area contributed by atoms with Crippen LogP contribution < -0.4 is 0 Å². The third-order valence-corrected chi connectivity index (χ3v) is 2.80. The lowest BCUT2D eigenvalue weighted by molar-refractivity contribution is 0.213. The first-order chi connectivity index (χ1) is 8.11. The molecular formula is C13H9ClF2O. The zero-order chi connectivity index (χ0) is 12.4. The highest BCUT2D eigenvalue weighted by Gasteiger charge is 2.21. The largest absolute Gasteiger partial charge is 0.383 e. The summed E-state index contributed by atoms with van der Waals surface area (Å²) in [6.45, 7) is 0. The number of rotatable bonds is 2. The average molecular weight is 255 g/mol. The number of halogens is 3. The summed E-state index contributed by atoms with van der Waals surface area (Å²) < 4.78 is 26.7. The van der Waals surface area contributed by atoms with E-state index in [-0.39, 0.29) is 10.6 Å². The molecule has 1 unspecified atom stereocenters. The van der Waals surface area contributed by atoms with Gasteiger partial charge in [-0.05, 0) is 17.7 Å². The molecule has 1 atom stereocenters. The van der Waals surface area contributed by atoms with Gasteiger partial charge in [0.05, 0.1) is 0 Å². The summed E-state index contributed by atoms with van der Waals surface area (Å²) in [5.41, 5.74) is 0.219. The first kappa shape index (κ1) is 12.0. The molecule has 2 rings (SSSR count). The van der Waals surface area contributed by atoms with E-state index in [2.05, 4.69) is 0 Å². The number of aliphatic hydroxyl groups excluding tert-OH is 1. The minimum Gasteiger partial charge on any atom is -0.383 e. The number of hydrogen-bond donors (Lipinski definition) is 1. The van der Waals surface area contributed by atoms with Crippen molar-refractivity contribution < 1.29 is 13.9 Å². The third-order valence-electron chi connectivity index (χ3n) is 2.47. The normalized spacial score (nSPS) is 12.5. The number of hydrogen-bond acceptors (Lipinski definition) is 1. The standard InChI is InChI=1S/C13H9ClF2O/c14-9-6-7-10(15)12(16)11(9)13(17)8-4-2-1-3-5-8/h1-7,13,17H. The van der Waals surface area contributed by atoms with Crippen LogP contribution in [0.25, 0.3) is 0 Å². The maximum Gasteiger partial charge on any atom is 0.166 e. The van der Waals surface area contributed by atoms with Gasteiger partial charge < -0.3 is 5.11 Å². The van der Waals surface area contributed by atoms with E-state index >= 15 is 0 Å². The Labute approximate surface area is 102 Å². The molecule has 1 N–H and O–H groups in total. The molecule has 0 radical (unpaired) electrons. The number of benzene rings is 2. The minimum atomic E-state index is -1.28. The van der Waals surface area contributed by atoms with Gasteiger partial charge in [-0.15, -0.1) is 0 Å². The maximum atomic E-state index is 13.6. The highest BCUT2D eigenvalue weighted by molar-refractivity contribution is 6.31. The molecule has 0 aromatic heterocycles. The van der Waals surface area contributed by atoms with Crippen molar-refractivity contribution in [3.05, 3.63) is 70.2 Å². The van der Waals surface area contributed by atoms with E-state index in [1.807, 2.05) is 0 Å². The predicted octanol–water partition coefficient (Wildman–Crippen LogP) is 3.70. The molecule has 88 valence electrons. The molecular weight excluding hydrogens is 246 g/mol. The van der Waals surface area contributed by atoms with Gasteiger partial charge in [0.1, 0.15) is 6.10 Å². The molecule has 0 aliphatic rings. The quantitative estimate of drug-likeness (QED) is 0.810. The van der Waals surface area contributed by atoms with Gasteiger partial charge in [-0.25, -0.2) is 8.78 Å². The van der Waals surface area contributed by atoms with E-state index in [1.54, 1.807) is 30.3 Å². The zero-order valence-electron chi connectivity index (χ0n) is 8.70. The fourth-order valence-electron chi connectivity index (χ4n) is 1.60. The molecule has 1 nitrogen and oxygen atoms in total. The van der Waals surface area contributed by atoms with E-state index in [0.29, 0.717) is 5.56 Å². The first-order valence-corrected chi connectivity index (χ1v) is 5.35. The molecule has 0 bridgehead atoms. The van der Waals surface area contributed by atoms with Crippen LogP contribution in [0.5, 0.6) is 0 Å². The van der Waals surface area contributed by atoms with Crippen molar-refractivity contribution >= 4 is 11.6 Å². The van der Waals surface area contributed by atoms with Crippen molar-refractivity contribution in [3.63, 3.8) is 0 Å². The molecule has 0 amide bonds. The third kappa shape index (κ3) is 2.30. The van der Waals surface area contributed by atoms with Crippen LogP contribution in [-0.2, 0) is 0 Å². The molecule has 0 saturated heterocycles. The van der Waals surface area contributed by atoms with Gasteiger partial charge in [-0.3, -0.25) is 0 Å². The lowest BCUT2D eigenvalue weighted by Gasteiger charge is -2.14. The van der Waals surface area contributed by atoms with Gasteiger partial charge in [0, 0.05) is 10.6 Å². The second-order valence-corrected chi connectivity index (χ2v) is 3.98. The van der Waals surface area contributed by atoms with Gasteiger partial charge in [0.15, 0.2) is 11.6 Å². The minimum absolute atomic E-state index is 0.000234. The molecule has 0 spiro atoms. The fourth-order valence-corrected chi connectivity index (χ4v) is 1.84.